The standard InChI is InChI=1S/C19H30N4O4/c1-5-6-12-23(14(24)13-21-22-16(27-13)18(2,3)4)17(26)19(15(20)25)10-8-7-9-11-19/h5-12H2,1-4H3,(H2,20,25). The van der Waals surface area contributed by atoms with Gasteiger partial charge >= 0.3 is 11.8 Å². The first-order valence-electron chi connectivity index (χ1n) is 9.63. The maximum absolute atomic E-state index is 13.3. The summed E-state index contributed by atoms with van der Waals surface area (Å²) in [6.07, 6.45) is 4.56. The van der Waals surface area contributed by atoms with Crippen LogP contribution in [-0.2, 0) is 15.0 Å². The average molecular weight is 378 g/mol. The molecule has 8 nitrogen and oxygen atoms in total. The smallest absolute Gasteiger partial charge is 0.318 e. The first-order chi connectivity index (χ1) is 12.6. The average Bonchev–Trinajstić information content (AvgIpc) is 3.12. The van der Waals surface area contributed by atoms with Crippen LogP contribution in [0.25, 0.3) is 0 Å². The summed E-state index contributed by atoms with van der Waals surface area (Å²) in [6.45, 7) is 7.81. The quantitative estimate of drug-likeness (QED) is 0.600. The number of primary amides is 1. The van der Waals surface area contributed by atoms with Gasteiger partial charge in [-0.05, 0) is 19.3 Å². The number of hydrogen-bond acceptors (Lipinski definition) is 6. The molecule has 1 fully saturated rings. The Kier molecular flexibility index (Phi) is 6.38. The summed E-state index contributed by atoms with van der Waals surface area (Å²) in [5.41, 5.74) is 3.88. The van der Waals surface area contributed by atoms with Gasteiger partial charge in [0.25, 0.3) is 0 Å². The highest BCUT2D eigenvalue weighted by molar-refractivity contribution is 6.12. The molecule has 27 heavy (non-hydrogen) atoms. The van der Waals surface area contributed by atoms with Gasteiger partial charge in [-0.25, -0.2) is 0 Å². The van der Waals surface area contributed by atoms with Gasteiger partial charge in [-0.15, -0.1) is 10.2 Å². The maximum Gasteiger partial charge on any atom is 0.318 e. The molecule has 0 bridgehead atoms. The summed E-state index contributed by atoms with van der Waals surface area (Å²) in [5.74, 6) is -1.79. The molecule has 0 unspecified atom stereocenters. The first-order valence-corrected chi connectivity index (χ1v) is 9.63. The maximum atomic E-state index is 13.3. The minimum atomic E-state index is -1.32. The molecule has 0 radical (unpaired) electrons. The van der Waals surface area contributed by atoms with E-state index < -0.39 is 28.6 Å². The zero-order chi connectivity index (χ0) is 20.2. The third-order valence-electron chi connectivity index (χ3n) is 5.06. The van der Waals surface area contributed by atoms with E-state index in [0.717, 1.165) is 30.6 Å². The molecule has 150 valence electrons. The largest absolute Gasteiger partial charge is 0.416 e. The van der Waals surface area contributed by atoms with Gasteiger partial charge in [0.15, 0.2) is 0 Å². The van der Waals surface area contributed by atoms with E-state index in [0.29, 0.717) is 25.2 Å². The van der Waals surface area contributed by atoms with E-state index >= 15 is 0 Å². The van der Waals surface area contributed by atoms with Crippen LogP contribution in [0.15, 0.2) is 4.42 Å². The van der Waals surface area contributed by atoms with Crippen molar-refractivity contribution in [2.24, 2.45) is 11.1 Å². The molecule has 8 heteroatoms. The van der Waals surface area contributed by atoms with Crippen molar-refractivity contribution in [3.63, 3.8) is 0 Å². The van der Waals surface area contributed by atoms with Crippen molar-refractivity contribution in [1.29, 1.82) is 0 Å². The normalized spacial score (nSPS) is 16.7. The Hall–Kier alpha value is -2.25. The molecule has 1 aromatic rings. The van der Waals surface area contributed by atoms with Crippen LogP contribution in [0.1, 0.15) is 89.2 Å². The Bertz CT molecular complexity index is 699. The van der Waals surface area contributed by atoms with Crippen LogP contribution >= 0.6 is 0 Å². The number of rotatable bonds is 6. The van der Waals surface area contributed by atoms with Crippen LogP contribution < -0.4 is 5.73 Å². The molecule has 1 aromatic heterocycles. The summed E-state index contributed by atoms with van der Waals surface area (Å²) < 4.78 is 5.52. The minimum Gasteiger partial charge on any atom is -0.416 e. The van der Waals surface area contributed by atoms with Crippen molar-refractivity contribution in [3.05, 3.63) is 11.8 Å². The molecule has 1 aliphatic rings. The van der Waals surface area contributed by atoms with Crippen LogP contribution in [0.5, 0.6) is 0 Å². The van der Waals surface area contributed by atoms with Gasteiger partial charge in [-0.3, -0.25) is 19.3 Å². The molecule has 3 amide bonds. The highest BCUT2D eigenvalue weighted by atomic mass is 16.4. The van der Waals surface area contributed by atoms with E-state index in [1.807, 2.05) is 27.7 Å². The lowest BCUT2D eigenvalue weighted by Gasteiger charge is -2.36. The molecule has 1 saturated carbocycles. The van der Waals surface area contributed by atoms with Gasteiger partial charge < -0.3 is 10.2 Å². The second-order valence-electron chi connectivity index (χ2n) is 8.28. The van der Waals surface area contributed by atoms with Gasteiger partial charge in [0.2, 0.25) is 17.7 Å². The fourth-order valence-electron chi connectivity index (χ4n) is 3.32. The van der Waals surface area contributed by atoms with Gasteiger partial charge in [0, 0.05) is 12.0 Å². The van der Waals surface area contributed by atoms with Crippen LogP contribution in [-0.4, -0.2) is 39.4 Å². The molecule has 1 heterocycles. The molecule has 1 aliphatic carbocycles. The second-order valence-corrected chi connectivity index (χ2v) is 8.28. The van der Waals surface area contributed by atoms with Gasteiger partial charge in [0.1, 0.15) is 5.41 Å². The molecule has 0 saturated heterocycles. The summed E-state index contributed by atoms with van der Waals surface area (Å²) in [5, 5.41) is 7.76. The topological polar surface area (TPSA) is 119 Å². The fraction of sp³-hybridized carbons (Fsp3) is 0.737. The van der Waals surface area contributed by atoms with E-state index in [2.05, 4.69) is 10.2 Å². The molecule has 0 atom stereocenters. The zero-order valence-corrected chi connectivity index (χ0v) is 16.7. The van der Waals surface area contributed by atoms with Crippen LogP contribution in [0.2, 0.25) is 0 Å². The Balaban J connectivity index is 2.35. The third-order valence-corrected chi connectivity index (χ3v) is 5.06. The van der Waals surface area contributed by atoms with Crippen molar-refractivity contribution in [2.45, 2.75) is 78.1 Å². The number of amides is 3. The predicted molar refractivity (Wildman–Crippen MR) is 98.7 cm³/mol. The number of nitrogens with zero attached hydrogens (tertiary/aromatic N) is 3. The fourth-order valence-corrected chi connectivity index (χ4v) is 3.32. The Morgan fingerprint density at radius 1 is 1.15 bits per heavy atom. The molecule has 0 aliphatic heterocycles. The highest BCUT2D eigenvalue weighted by Gasteiger charge is 2.49. The van der Waals surface area contributed by atoms with Crippen molar-refractivity contribution in [1.82, 2.24) is 15.1 Å². The lowest BCUT2D eigenvalue weighted by atomic mass is 9.72. The molecule has 2 N–H and O–H groups in total. The van der Waals surface area contributed by atoms with E-state index in [4.69, 9.17) is 10.2 Å². The van der Waals surface area contributed by atoms with Crippen LogP contribution in [0.3, 0.4) is 0 Å². The summed E-state index contributed by atoms with van der Waals surface area (Å²) in [6, 6.07) is 0. The van der Waals surface area contributed by atoms with E-state index in [1.165, 1.54) is 0 Å². The number of aromatic nitrogens is 2. The lowest BCUT2D eigenvalue weighted by Crippen LogP contribution is -2.54. The number of carbonyl (C=O) groups excluding carboxylic acids is 3. The molecule has 0 aromatic carbocycles. The Morgan fingerprint density at radius 3 is 2.26 bits per heavy atom. The molecule has 2 rings (SSSR count). The second kappa shape index (κ2) is 8.19. The first kappa shape index (κ1) is 21.1. The number of imide groups is 1. The number of unbranched alkanes of at least 4 members (excludes halogenated alkanes) is 1. The van der Waals surface area contributed by atoms with Crippen molar-refractivity contribution < 1.29 is 18.8 Å². The Morgan fingerprint density at radius 2 is 1.78 bits per heavy atom. The number of hydrogen-bond donors (Lipinski definition) is 1. The Labute approximate surface area is 159 Å². The molecular formula is C19H30N4O4. The van der Waals surface area contributed by atoms with Gasteiger partial charge in [-0.2, -0.15) is 0 Å². The molecule has 0 spiro atoms. The summed E-state index contributed by atoms with van der Waals surface area (Å²) in [7, 11) is 0. The predicted octanol–water partition coefficient (Wildman–Crippen LogP) is 2.57. The van der Waals surface area contributed by atoms with Crippen LogP contribution in [0, 0.1) is 5.41 Å². The van der Waals surface area contributed by atoms with Gasteiger partial charge in [-0.1, -0.05) is 53.4 Å². The minimum absolute atomic E-state index is 0.191. The summed E-state index contributed by atoms with van der Waals surface area (Å²) >= 11 is 0. The number of nitrogens with two attached hydrogens (primary N) is 1. The molecular weight excluding hydrogens is 348 g/mol. The number of carbonyl (C=O) groups is 3. The zero-order valence-electron chi connectivity index (χ0n) is 16.7. The summed E-state index contributed by atoms with van der Waals surface area (Å²) in [4.78, 5) is 39.6. The van der Waals surface area contributed by atoms with Crippen molar-refractivity contribution >= 4 is 17.7 Å². The van der Waals surface area contributed by atoms with E-state index in [-0.39, 0.29) is 12.4 Å². The SMILES string of the molecule is CCCCN(C(=O)c1nnc(C(C)(C)C)o1)C(=O)C1(C(N)=O)CCCCC1. The highest BCUT2D eigenvalue weighted by Crippen LogP contribution is 2.38. The van der Waals surface area contributed by atoms with E-state index in [9.17, 15) is 14.4 Å². The monoisotopic (exact) mass is 378 g/mol. The van der Waals surface area contributed by atoms with Crippen LogP contribution in [0.4, 0.5) is 0 Å². The lowest BCUT2D eigenvalue weighted by molar-refractivity contribution is -0.149. The van der Waals surface area contributed by atoms with Crippen molar-refractivity contribution in [2.75, 3.05) is 6.54 Å². The van der Waals surface area contributed by atoms with E-state index in [1.54, 1.807) is 0 Å². The third kappa shape index (κ3) is 4.36. The van der Waals surface area contributed by atoms with Crippen molar-refractivity contribution in [3.8, 4) is 0 Å². The van der Waals surface area contributed by atoms with Gasteiger partial charge in [0.05, 0.1) is 0 Å².